The molecule has 2 N–H and O–H groups in total. The lowest BCUT2D eigenvalue weighted by molar-refractivity contribution is 0.570. The Kier molecular flexibility index (Phi) is 8.08. The fourth-order valence-electron chi connectivity index (χ4n) is 1.15. The van der Waals surface area contributed by atoms with Gasteiger partial charge in [0, 0.05) is 23.9 Å². The molecule has 0 saturated carbocycles. The highest BCUT2D eigenvalue weighted by molar-refractivity contribution is 7.92. The fraction of sp³-hybridized carbons (Fsp3) is 0.600. The molecule has 0 heterocycles. The molecule has 0 amide bonds. The van der Waals surface area contributed by atoms with Gasteiger partial charge in [-0.15, -0.1) is 0 Å². The van der Waals surface area contributed by atoms with Crippen LogP contribution in [0.4, 0.5) is 0 Å². The zero-order valence-electron chi connectivity index (χ0n) is 10.3. The first kappa shape index (κ1) is 17.3. The predicted molar refractivity (Wildman–Crippen MR) is 72.7 cm³/mol. The van der Waals surface area contributed by atoms with Crippen LogP contribution in [-0.4, -0.2) is 29.9 Å². The molecule has 0 aromatic carbocycles. The molecule has 106 valence electrons. The summed E-state index contributed by atoms with van der Waals surface area (Å²) in [5.41, 5.74) is 0. The van der Waals surface area contributed by atoms with Gasteiger partial charge in [0.1, 0.15) is 0 Å². The van der Waals surface area contributed by atoms with Crippen LogP contribution >= 0.6 is 0 Å². The van der Waals surface area contributed by atoms with Gasteiger partial charge in [-0.2, -0.15) is 0 Å². The van der Waals surface area contributed by atoms with E-state index in [1.807, 2.05) is 0 Å². The van der Waals surface area contributed by atoms with Crippen molar-refractivity contribution in [3.63, 3.8) is 0 Å². The van der Waals surface area contributed by atoms with Crippen LogP contribution in [0.25, 0.3) is 0 Å². The highest BCUT2D eigenvalue weighted by Gasteiger charge is 2.03. The maximum Gasteiger partial charge on any atom is 0.233 e. The van der Waals surface area contributed by atoms with Gasteiger partial charge >= 0.3 is 0 Å². The third-order valence-corrected chi connectivity index (χ3v) is 4.24. The van der Waals surface area contributed by atoms with Crippen LogP contribution in [0.3, 0.4) is 0 Å². The van der Waals surface area contributed by atoms with Crippen LogP contribution in [-0.2, 0) is 20.0 Å². The summed E-state index contributed by atoms with van der Waals surface area (Å²) in [4.78, 5) is 0. The van der Waals surface area contributed by atoms with E-state index in [1.165, 1.54) is 0 Å². The third kappa shape index (κ3) is 9.34. The highest BCUT2D eigenvalue weighted by atomic mass is 32.2. The summed E-state index contributed by atoms with van der Waals surface area (Å²) in [5.74, 6) is 0. The lowest BCUT2D eigenvalue weighted by Crippen LogP contribution is -2.23. The minimum absolute atomic E-state index is 0.368. The van der Waals surface area contributed by atoms with Gasteiger partial charge in [0.2, 0.25) is 20.0 Å². The first-order valence-electron chi connectivity index (χ1n) is 5.57. The Morgan fingerprint density at radius 2 is 1.06 bits per heavy atom. The molecule has 0 atom stereocenters. The molecule has 18 heavy (non-hydrogen) atoms. The average Bonchev–Trinajstić information content (AvgIpc) is 2.32. The molecule has 0 radical (unpaired) electrons. The van der Waals surface area contributed by atoms with Crippen molar-refractivity contribution in [3.05, 3.63) is 24.0 Å². The Balaban J connectivity index is 3.48. The molecule has 0 aliphatic heterocycles. The van der Waals surface area contributed by atoms with E-state index >= 15 is 0 Å². The Bertz CT molecular complexity index is 410. The quantitative estimate of drug-likeness (QED) is 0.548. The Labute approximate surface area is 109 Å². The van der Waals surface area contributed by atoms with Crippen LogP contribution in [0.5, 0.6) is 0 Å². The van der Waals surface area contributed by atoms with E-state index in [-0.39, 0.29) is 0 Å². The van der Waals surface area contributed by atoms with Crippen molar-refractivity contribution in [1.29, 1.82) is 0 Å². The first-order chi connectivity index (χ1) is 8.33. The zero-order valence-corrected chi connectivity index (χ0v) is 11.9. The number of rotatable bonds is 11. The largest absolute Gasteiger partial charge is 0.233 e. The summed E-state index contributed by atoms with van der Waals surface area (Å²) in [7, 11) is -6.66. The van der Waals surface area contributed by atoms with Gasteiger partial charge in [0.25, 0.3) is 0 Å². The monoisotopic (exact) mass is 296 g/mol. The highest BCUT2D eigenvalue weighted by Crippen LogP contribution is 1.99. The van der Waals surface area contributed by atoms with Gasteiger partial charge in [-0.1, -0.05) is 26.0 Å². The van der Waals surface area contributed by atoms with Crippen LogP contribution < -0.4 is 9.44 Å². The van der Waals surface area contributed by atoms with Crippen molar-refractivity contribution in [2.45, 2.75) is 25.7 Å². The van der Waals surface area contributed by atoms with Crippen molar-refractivity contribution in [1.82, 2.24) is 9.44 Å². The van der Waals surface area contributed by atoms with E-state index in [4.69, 9.17) is 0 Å². The number of hydrogen-bond donors (Lipinski definition) is 2. The first-order valence-corrected chi connectivity index (χ1v) is 8.66. The molecule has 0 bridgehead atoms. The average molecular weight is 296 g/mol. The molecule has 6 nitrogen and oxygen atoms in total. The zero-order chi connectivity index (χ0) is 14.1. The number of unbranched alkanes of at least 4 members (excludes halogenated alkanes) is 3. The normalized spacial score (nSPS) is 12.2. The summed E-state index contributed by atoms with van der Waals surface area (Å²) in [6.45, 7) is 7.09. The topological polar surface area (TPSA) is 92.3 Å². The lowest BCUT2D eigenvalue weighted by atomic mass is 10.2. The molecule has 0 rings (SSSR count). The summed E-state index contributed by atoms with van der Waals surface area (Å²) >= 11 is 0. The number of hydrogen-bond acceptors (Lipinski definition) is 4. The van der Waals surface area contributed by atoms with Crippen molar-refractivity contribution in [2.24, 2.45) is 0 Å². The summed E-state index contributed by atoms with van der Waals surface area (Å²) in [6.07, 6.45) is 3.08. The molecular formula is C10H20N2O4S2. The van der Waals surface area contributed by atoms with E-state index in [0.29, 0.717) is 25.9 Å². The van der Waals surface area contributed by atoms with Crippen LogP contribution in [0, 0.1) is 0 Å². The van der Waals surface area contributed by atoms with Crippen LogP contribution in [0.1, 0.15) is 25.7 Å². The van der Waals surface area contributed by atoms with E-state index in [9.17, 15) is 16.8 Å². The van der Waals surface area contributed by atoms with Gasteiger partial charge < -0.3 is 0 Å². The van der Waals surface area contributed by atoms with Gasteiger partial charge in [-0.25, -0.2) is 26.3 Å². The molecule has 8 heteroatoms. The Morgan fingerprint density at radius 1 is 0.722 bits per heavy atom. The maximum absolute atomic E-state index is 11.0. The summed E-state index contributed by atoms with van der Waals surface area (Å²) in [6, 6.07) is 0. The molecule has 0 saturated heterocycles. The molecule has 0 unspecified atom stereocenters. The second-order valence-electron chi connectivity index (χ2n) is 3.63. The van der Waals surface area contributed by atoms with Gasteiger partial charge in [-0.3, -0.25) is 0 Å². The van der Waals surface area contributed by atoms with Crippen molar-refractivity contribution < 1.29 is 16.8 Å². The molecular weight excluding hydrogens is 276 g/mol. The molecule has 0 spiro atoms. The third-order valence-electron chi connectivity index (χ3n) is 2.15. The molecule has 0 aromatic heterocycles. The van der Waals surface area contributed by atoms with Crippen LogP contribution in [0.2, 0.25) is 0 Å². The van der Waals surface area contributed by atoms with E-state index in [1.54, 1.807) is 0 Å². The van der Waals surface area contributed by atoms with Crippen molar-refractivity contribution in [3.8, 4) is 0 Å². The predicted octanol–water partition coefficient (Wildman–Crippen LogP) is 0.673. The standard InChI is InChI=1S/C10H20N2O4S2/c1-3-17(13,14)11-9-7-5-6-8-10-12-18(15,16)4-2/h3-4,11-12H,1-2,5-10H2. The second kappa shape index (κ2) is 8.41. The van der Waals surface area contributed by atoms with E-state index < -0.39 is 20.0 Å². The molecule has 0 aliphatic carbocycles. The van der Waals surface area contributed by atoms with E-state index in [2.05, 4.69) is 22.6 Å². The lowest BCUT2D eigenvalue weighted by Gasteiger charge is -2.04. The van der Waals surface area contributed by atoms with Crippen molar-refractivity contribution >= 4 is 20.0 Å². The van der Waals surface area contributed by atoms with Crippen LogP contribution in [0.15, 0.2) is 24.0 Å². The minimum Gasteiger partial charge on any atom is -0.212 e. The summed E-state index contributed by atoms with van der Waals surface area (Å²) in [5, 5.41) is 1.74. The van der Waals surface area contributed by atoms with Gasteiger partial charge in [0.15, 0.2) is 0 Å². The molecule has 0 aromatic rings. The fourth-order valence-corrected chi connectivity index (χ4v) is 2.24. The molecule has 0 fully saturated rings. The second-order valence-corrected chi connectivity index (χ2v) is 7.05. The number of sulfonamides is 2. The summed E-state index contributed by atoms with van der Waals surface area (Å²) < 4.78 is 48.6. The van der Waals surface area contributed by atoms with Gasteiger partial charge in [0.05, 0.1) is 0 Å². The Morgan fingerprint density at radius 3 is 1.33 bits per heavy atom. The number of nitrogens with one attached hydrogen (secondary N) is 2. The van der Waals surface area contributed by atoms with E-state index in [0.717, 1.165) is 23.7 Å². The SMILES string of the molecule is C=CS(=O)(=O)NCCCCCCNS(=O)(=O)C=C. The van der Waals surface area contributed by atoms with Crippen molar-refractivity contribution in [2.75, 3.05) is 13.1 Å². The minimum atomic E-state index is -3.33. The smallest absolute Gasteiger partial charge is 0.212 e. The van der Waals surface area contributed by atoms with Gasteiger partial charge in [-0.05, 0) is 12.8 Å². The molecule has 0 aliphatic rings. The maximum atomic E-state index is 11.0. The Hall–Kier alpha value is -0.700.